The number of rotatable bonds is 7. The van der Waals surface area contributed by atoms with Crippen LogP contribution in [0.1, 0.15) is 47.2 Å². The number of hydrogen-bond acceptors (Lipinski definition) is 3. The molecular formula is C26H26N2O3. The van der Waals surface area contributed by atoms with E-state index in [1.165, 1.54) is 18.4 Å². The van der Waals surface area contributed by atoms with E-state index in [9.17, 15) is 9.59 Å². The van der Waals surface area contributed by atoms with E-state index in [1.807, 2.05) is 42.5 Å². The Bertz CT molecular complexity index is 1050. The van der Waals surface area contributed by atoms with Gasteiger partial charge in [0, 0.05) is 16.9 Å². The Hall–Kier alpha value is -3.60. The number of benzene rings is 3. The van der Waals surface area contributed by atoms with Crippen molar-refractivity contribution in [1.82, 2.24) is 0 Å². The van der Waals surface area contributed by atoms with Crippen molar-refractivity contribution in [2.24, 2.45) is 5.92 Å². The molecule has 4 rings (SSSR count). The van der Waals surface area contributed by atoms with E-state index in [2.05, 4.69) is 29.7 Å². The first kappa shape index (κ1) is 20.7. The molecule has 3 aromatic rings. The molecule has 5 nitrogen and oxygen atoms in total. The molecule has 31 heavy (non-hydrogen) atoms. The van der Waals surface area contributed by atoms with Gasteiger partial charge in [0.25, 0.3) is 5.91 Å². The summed E-state index contributed by atoms with van der Waals surface area (Å²) < 4.78 is 5.23. The second kappa shape index (κ2) is 9.47. The zero-order chi connectivity index (χ0) is 21.6. The van der Waals surface area contributed by atoms with Crippen molar-refractivity contribution in [2.45, 2.75) is 32.3 Å². The van der Waals surface area contributed by atoms with Gasteiger partial charge < -0.3 is 10.1 Å². The quantitative estimate of drug-likeness (QED) is 0.484. The van der Waals surface area contributed by atoms with E-state index >= 15 is 0 Å². The van der Waals surface area contributed by atoms with Crippen LogP contribution in [0.5, 0.6) is 0 Å². The smallest absolute Gasteiger partial charge is 0.411 e. The standard InChI is InChI=1S/C26H26N2O3/c1-2-19-16-24(19)20-11-13-22(14-12-20)27-25(29)21-9-6-10-23(15-21)28-26(30)31-17-18-7-4-3-5-8-18/h3-15,19,24H,2,16-17H2,1H3,(H,27,29)(H,28,30)/t19-,24+/m0/s1. The molecule has 2 atom stereocenters. The number of ether oxygens (including phenoxy) is 1. The van der Waals surface area contributed by atoms with Crippen molar-refractivity contribution in [3.63, 3.8) is 0 Å². The van der Waals surface area contributed by atoms with Gasteiger partial charge in [0.15, 0.2) is 0 Å². The maximum atomic E-state index is 12.6. The highest BCUT2D eigenvalue weighted by atomic mass is 16.5. The fourth-order valence-corrected chi connectivity index (χ4v) is 3.74. The van der Waals surface area contributed by atoms with Crippen LogP contribution in [0.4, 0.5) is 16.2 Å². The Morgan fingerprint density at radius 3 is 2.39 bits per heavy atom. The molecule has 5 heteroatoms. The molecule has 1 saturated carbocycles. The zero-order valence-electron chi connectivity index (χ0n) is 17.5. The van der Waals surface area contributed by atoms with E-state index in [4.69, 9.17) is 4.74 Å². The van der Waals surface area contributed by atoms with Crippen LogP contribution >= 0.6 is 0 Å². The third kappa shape index (κ3) is 5.51. The van der Waals surface area contributed by atoms with Crippen LogP contribution in [0.15, 0.2) is 78.9 Å². The Kier molecular flexibility index (Phi) is 6.32. The normalized spacial score (nSPS) is 16.9. The topological polar surface area (TPSA) is 67.4 Å². The molecule has 0 bridgehead atoms. The van der Waals surface area contributed by atoms with Crippen LogP contribution in [-0.4, -0.2) is 12.0 Å². The lowest BCUT2D eigenvalue weighted by Gasteiger charge is -2.10. The first-order valence-electron chi connectivity index (χ1n) is 10.6. The highest BCUT2D eigenvalue weighted by molar-refractivity contribution is 6.05. The van der Waals surface area contributed by atoms with Gasteiger partial charge in [0.2, 0.25) is 0 Å². The minimum atomic E-state index is -0.567. The Morgan fingerprint density at radius 2 is 1.68 bits per heavy atom. The monoisotopic (exact) mass is 414 g/mol. The lowest BCUT2D eigenvalue weighted by molar-refractivity contribution is 0.102. The molecule has 1 aliphatic carbocycles. The Balaban J connectivity index is 1.32. The first-order chi connectivity index (χ1) is 15.1. The summed E-state index contributed by atoms with van der Waals surface area (Å²) in [5.74, 6) is 1.24. The molecule has 3 aromatic carbocycles. The Labute approximate surface area is 182 Å². The van der Waals surface area contributed by atoms with Gasteiger partial charge in [0.1, 0.15) is 6.61 Å². The van der Waals surface area contributed by atoms with Gasteiger partial charge in [-0.2, -0.15) is 0 Å². The van der Waals surface area contributed by atoms with Gasteiger partial charge in [0.05, 0.1) is 0 Å². The van der Waals surface area contributed by atoms with Crippen molar-refractivity contribution in [2.75, 3.05) is 10.6 Å². The van der Waals surface area contributed by atoms with Crippen LogP contribution < -0.4 is 10.6 Å². The summed E-state index contributed by atoms with van der Waals surface area (Å²) >= 11 is 0. The summed E-state index contributed by atoms with van der Waals surface area (Å²) in [4.78, 5) is 24.7. The average Bonchev–Trinajstić information content (AvgIpc) is 3.59. The maximum absolute atomic E-state index is 12.6. The SMILES string of the molecule is CC[C@H]1C[C@H]1c1ccc(NC(=O)c2cccc(NC(=O)OCc3ccccc3)c2)cc1. The van der Waals surface area contributed by atoms with E-state index in [0.29, 0.717) is 17.2 Å². The third-order valence-corrected chi connectivity index (χ3v) is 5.63. The third-order valence-electron chi connectivity index (χ3n) is 5.63. The predicted octanol–water partition coefficient (Wildman–Crippen LogP) is 6.20. The van der Waals surface area contributed by atoms with E-state index < -0.39 is 6.09 Å². The van der Waals surface area contributed by atoms with Gasteiger partial charge in [-0.1, -0.05) is 61.9 Å². The minimum Gasteiger partial charge on any atom is -0.444 e. The molecule has 0 aromatic heterocycles. The highest BCUT2D eigenvalue weighted by Crippen LogP contribution is 2.49. The molecule has 1 aliphatic rings. The second-order valence-electron chi connectivity index (χ2n) is 7.85. The molecule has 0 aliphatic heterocycles. The summed E-state index contributed by atoms with van der Waals surface area (Å²) in [7, 11) is 0. The van der Waals surface area contributed by atoms with E-state index in [-0.39, 0.29) is 12.5 Å². The van der Waals surface area contributed by atoms with E-state index in [0.717, 1.165) is 17.2 Å². The van der Waals surface area contributed by atoms with Gasteiger partial charge in [-0.25, -0.2) is 4.79 Å². The fourth-order valence-electron chi connectivity index (χ4n) is 3.74. The van der Waals surface area contributed by atoms with Crippen LogP contribution in [0.3, 0.4) is 0 Å². The molecule has 0 spiro atoms. The highest BCUT2D eigenvalue weighted by Gasteiger charge is 2.36. The molecule has 2 N–H and O–H groups in total. The van der Waals surface area contributed by atoms with Crippen LogP contribution in [-0.2, 0) is 11.3 Å². The van der Waals surface area contributed by atoms with Crippen molar-refractivity contribution in [3.8, 4) is 0 Å². The van der Waals surface area contributed by atoms with E-state index in [1.54, 1.807) is 24.3 Å². The van der Waals surface area contributed by atoms with Gasteiger partial charge in [-0.3, -0.25) is 10.1 Å². The van der Waals surface area contributed by atoms with Crippen molar-refractivity contribution >= 4 is 23.4 Å². The van der Waals surface area contributed by atoms with Gasteiger partial charge >= 0.3 is 6.09 Å². The van der Waals surface area contributed by atoms with Gasteiger partial charge in [-0.05, 0) is 59.7 Å². The van der Waals surface area contributed by atoms with Crippen LogP contribution in [0.2, 0.25) is 0 Å². The number of anilines is 2. The van der Waals surface area contributed by atoms with Gasteiger partial charge in [-0.15, -0.1) is 0 Å². The number of hydrogen-bond donors (Lipinski definition) is 2. The first-order valence-corrected chi connectivity index (χ1v) is 10.6. The largest absolute Gasteiger partial charge is 0.444 e. The second-order valence-corrected chi connectivity index (χ2v) is 7.85. The summed E-state index contributed by atoms with van der Waals surface area (Å²) in [6.07, 6.45) is 1.91. The lowest BCUT2D eigenvalue weighted by atomic mass is 10.1. The number of carbonyl (C=O) groups is 2. The van der Waals surface area contributed by atoms with Crippen LogP contribution in [0.25, 0.3) is 0 Å². The lowest BCUT2D eigenvalue weighted by Crippen LogP contribution is -2.15. The minimum absolute atomic E-state index is 0.183. The van der Waals surface area contributed by atoms with Crippen molar-refractivity contribution < 1.29 is 14.3 Å². The Morgan fingerprint density at radius 1 is 0.903 bits per heavy atom. The predicted molar refractivity (Wildman–Crippen MR) is 122 cm³/mol. The molecule has 1 fully saturated rings. The molecule has 2 amide bonds. The maximum Gasteiger partial charge on any atom is 0.411 e. The fraction of sp³-hybridized carbons (Fsp3) is 0.231. The number of amides is 2. The molecule has 0 unspecified atom stereocenters. The summed E-state index contributed by atoms with van der Waals surface area (Å²) in [6, 6.07) is 24.3. The molecular weight excluding hydrogens is 388 g/mol. The molecule has 0 saturated heterocycles. The molecule has 0 heterocycles. The van der Waals surface area contributed by atoms with Crippen molar-refractivity contribution in [3.05, 3.63) is 95.6 Å². The summed E-state index contributed by atoms with van der Waals surface area (Å²) in [5, 5.41) is 5.58. The van der Waals surface area contributed by atoms with Crippen LogP contribution in [0, 0.1) is 5.92 Å². The number of nitrogens with one attached hydrogen (secondary N) is 2. The zero-order valence-corrected chi connectivity index (χ0v) is 17.5. The molecule has 158 valence electrons. The summed E-state index contributed by atoms with van der Waals surface area (Å²) in [6.45, 7) is 2.41. The number of carbonyl (C=O) groups excluding carboxylic acids is 2. The summed E-state index contributed by atoms with van der Waals surface area (Å²) in [5.41, 5.74) is 3.95. The van der Waals surface area contributed by atoms with Crippen molar-refractivity contribution in [1.29, 1.82) is 0 Å². The molecule has 0 radical (unpaired) electrons. The average molecular weight is 415 g/mol.